The molecule has 0 aliphatic heterocycles. The van der Waals surface area contributed by atoms with Gasteiger partial charge in [-0.1, -0.05) is 26.7 Å². The number of hydrogen-bond donors (Lipinski definition) is 2. The summed E-state index contributed by atoms with van der Waals surface area (Å²) >= 11 is 0. The summed E-state index contributed by atoms with van der Waals surface area (Å²) in [4.78, 5) is 14.8. The van der Waals surface area contributed by atoms with Crippen molar-refractivity contribution in [1.82, 2.24) is 15.0 Å². The molecule has 0 bridgehead atoms. The topological polar surface area (TPSA) is 74.2 Å². The fourth-order valence-corrected chi connectivity index (χ4v) is 1.71. The summed E-state index contributed by atoms with van der Waals surface area (Å²) in [6.07, 6.45) is 5.34. The van der Waals surface area contributed by atoms with Crippen LogP contribution in [0.25, 0.3) is 0 Å². The minimum atomic E-state index is -0.671. The zero-order valence-electron chi connectivity index (χ0n) is 12.1. The summed E-state index contributed by atoms with van der Waals surface area (Å²) in [5.41, 5.74) is 0. The molecule has 6 nitrogen and oxygen atoms in total. The van der Waals surface area contributed by atoms with Crippen LogP contribution in [0.3, 0.4) is 0 Å². The molecule has 1 unspecified atom stereocenters. The summed E-state index contributed by atoms with van der Waals surface area (Å²) in [6.45, 7) is 7.89. The van der Waals surface area contributed by atoms with Crippen molar-refractivity contribution < 1.29 is 5.11 Å². The summed E-state index contributed by atoms with van der Waals surface area (Å²) in [5, 5.41) is 12.1. The van der Waals surface area contributed by atoms with Gasteiger partial charge in [-0.05, 0) is 19.8 Å². The van der Waals surface area contributed by atoms with E-state index < -0.39 is 6.23 Å². The predicted octanol–water partition coefficient (Wildman–Crippen LogP) is 2.03. The molecule has 0 aliphatic carbocycles. The van der Waals surface area contributed by atoms with Gasteiger partial charge in [0.1, 0.15) is 12.6 Å². The van der Waals surface area contributed by atoms with Gasteiger partial charge in [-0.25, -0.2) is 9.97 Å². The van der Waals surface area contributed by atoms with Crippen molar-refractivity contribution in [2.75, 3.05) is 23.3 Å². The van der Waals surface area contributed by atoms with Gasteiger partial charge in [0, 0.05) is 13.1 Å². The molecule has 0 aromatic carbocycles. The molecule has 108 valence electrons. The Hall–Kier alpha value is -1.43. The lowest BCUT2D eigenvalue weighted by Gasteiger charge is -2.22. The molecular weight excluding hydrogens is 242 g/mol. The molecule has 0 radical (unpaired) electrons. The molecule has 0 aliphatic rings. The van der Waals surface area contributed by atoms with Crippen molar-refractivity contribution in [2.45, 2.75) is 52.7 Å². The van der Waals surface area contributed by atoms with Crippen LogP contribution in [0.15, 0.2) is 6.33 Å². The highest BCUT2D eigenvalue weighted by Crippen LogP contribution is 2.11. The van der Waals surface area contributed by atoms with E-state index in [9.17, 15) is 5.11 Å². The van der Waals surface area contributed by atoms with E-state index in [0.29, 0.717) is 11.9 Å². The first-order valence-electron chi connectivity index (χ1n) is 7.06. The van der Waals surface area contributed by atoms with Gasteiger partial charge in [-0.3, -0.25) is 0 Å². The Balaban J connectivity index is 2.75. The molecule has 0 saturated carbocycles. The van der Waals surface area contributed by atoms with E-state index in [4.69, 9.17) is 0 Å². The van der Waals surface area contributed by atoms with Gasteiger partial charge >= 0.3 is 0 Å². The third kappa shape index (κ3) is 5.83. The fourth-order valence-electron chi connectivity index (χ4n) is 1.71. The van der Waals surface area contributed by atoms with Gasteiger partial charge in [0.25, 0.3) is 0 Å². The number of aromatic nitrogens is 3. The Bertz CT molecular complexity index is 351. The van der Waals surface area contributed by atoms with Crippen LogP contribution in [-0.2, 0) is 0 Å². The predicted molar refractivity (Wildman–Crippen MR) is 77.2 cm³/mol. The minimum absolute atomic E-state index is 0.415. The highest BCUT2D eigenvalue weighted by molar-refractivity contribution is 5.35. The average molecular weight is 267 g/mol. The van der Waals surface area contributed by atoms with Crippen LogP contribution in [0.4, 0.5) is 11.9 Å². The molecule has 2 N–H and O–H groups in total. The molecule has 1 heterocycles. The van der Waals surface area contributed by atoms with Gasteiger partial charge < -0.3 is 15.3 Å². The number of aliphatic hydroxyl groups is 1. The van der Waals surface area contributed by atoms with E-state index in [1.54, 1.807) is 6.92 Å². The van der Waals surface area contributed by atoms with Crippen molar-refractivity contribution in [3.8, 4) is 0 Å². The van der Waals surface area contributed by atoms with Crippen LogP contribution < -0.4 is 10.2 Å². The maximum Gasteiger partial charge on any atom is 0.230 e. The maximum atomic E-state index is 9.29. The largest absolute Gasteiger partial charge is 0.374 e. The number of anilines is 2. The lowest BCUT2D eigenvalue weighted by Crippen LogP contribution is -2.28. The van der Waals surface area contributed by atoms with E-state index in [0.717, 1.165) is 38.8 Å². The van der Waals surface area contributed by atoms with E-state index in [1.807, 2.05) is 0 Å². The third-order valence-electron chi connectivity index (χ3n) is 2.74. The smallest absolute Gasteiger partial charge is 0.230 e. The second-order valence-electron chi connectivity index (χ2n) is 4.62. The molecule has 0 spiro atoms. The van der Waals surface area contributed by atoms with Crippen molar-refractivity contribution in [2.24, 2.45) is 0 Å². The Morgan fingerprint density at radius 3 is 2.37 bits per heavy atom. The highest BCUT2D eigenvalue weighted by Gasteiger charge is 2.10. The van der Waals surface area contributed by atoms with Crippen molar-refractivity contribution in [3.05, 3.63) is 6.33 Å². The number of aliphatic hydroxyl groups excluding tert-OH is 1. The van der Waals surface area contributed by atoms with Crippen LogP contribution in [-0.4, -0.2) is 39.4 Å². The molecule has 0 saturated heterocycles. The molecule has 6 heteroatoms. The lowest BCUT2D eigenvalue weighted by molar-refractivity contribution is 0.223. The molecule has 1 atom stereocenters. The number of rotatable bonds is 9. The summed E-state index contributed by atoms with van der Waals surface area (Å²) < 4.78 is 0. The Morgan fingerprint density at radius 1 is 1.21 bits per heavy atom. The second kappa shape index (κ2) is 8.63. The molecule has 19 heavy (non-hydrogen) atoms. The summed E-state index contributed by atoms with van der Waals surface area (Å²) in [6, 6.07) is 0. The van der Waals surface area contributed by atoms with Crippen LogP contribution in [0.5, 0.6) is 0 Å². The van der Waals surface area contributed by atoms with Gasteiger partial charge in [-0.15, -0.1) is 0 Å². The monoisotopic (exact) mass is 267 g/mol. The van der Waals surface area contributed by atoms with Gasteiger partial charge in [0.15, 0.2) is 0 Å². The van der Waals surface area contributed by atoms with Crippen LogP contribution in [0, 0.1) is 0 Å². The normalized spacial score (nSPS) is 12.2. The quantitative estimate of drug-likeness (QED) is 0.667. The average Bonchev–Trinajstić information content (AvgIpc) is 2.38. The van der Waals surface area contributed by atoms with E-state index in [2.05, 4.69) is 39.0 Å². The van der Waals surface area contributed by atoms with Gasteiger partial charge in [-0.2, -0.15) is 4.98 Å². The van der Waals surface area contributed by atoms with E-state index in [-0.39, 0.29) is 0 Å². The van der Waals surface area contributed by atoms with Crippen LogP contribution in [0.2, 0.25) is 0 Å². The zero-order valence-corrected chi connectivity index (χ0v) is 12.1. The number of nitrogens with zero attached hydrogens (tertiary/aromatic N) is 4. The van der Waals surface area contributed by atoms with Gasteiger partial charge in [0.2, 0.25) is 11.9 Å². The Labute approximate surface area is 115 Å². The number of nitrogens with one attached hydrogen (secondary N) is 1. The SMILES string of the molecule is CCCCN(CCCC)c1ncnc(NC(C)O)n1. The number of unbranched alkanes of at least 4 members (excludes halogenated alkanes) is 2. The Morgan fingerprint density at radius 2 is 1.84 bits per heavy atom. The minimum Gasteiger partial charge on any atom is -0.374 e. The molecule has 1 rings (SSSR count). The van der Waals surface area contributed by atoms with Crippen LogP contribution >= 0.6 is 0 Å². The fraction of sp³-hybridized carbons (Fsp3) is 0.769. The van der Waals surface area contributed by atoms with Crippen LogP contribution in [0.1, 0.15) is 46.5 Å². The first-order chi connectivity index (χ1) is 9.17. The molecule has 0 amide bonds. The van der Waals surface area contributed by atoms with Crippen molar-refractivity contribution in [3.63, 3.8) is 0 Å². The van der Waals surface area contributed by atoms with Gasteiger partial charge in [0.05, 0.1) is 0 Å². The molecular formula is C13H25N5O. The molecule has 0 fully saturated rings. The van der Waals surface area contributed by atoms with E-state index in [1.165, 1.54) is 6.33 Å². The first-order valence-corrected chi connectivity index (χ1v) is 7.06. The van der Waals surface area contributed by atoms with Crippen molar-refractivity contribution >= 4 is 11.9 Å². The first kappa shape index (κ1) is 15.6. The second-order valence-corrected chi connectivity index (χ2v) is 4.62. The third-order valence-corrected chi connectivity index (χ3v) is 2.74. The van der Waals surface area contributed by atoms with E-state index >= 15 is 0 Å². The summed E-state index contributed by atoms with van der Waals surface area (Å²) in [7, 11) is 0. The Kier molecular flexibility index (Phi) is 7.10. The molecule has 1 aromatic rings. The highest BCUT2D eigenvalue weighted by atomic mass is 16.3. The standard InChI is InChI=1S/C13H25N5O/c1-4-6-8-18(9-7-5-2)13-15-10-14-12(17-13)16-11(3)19/h10-11,19H,4-9H2,1-3H3,(H,14,15,16,17). The van der Waals surface area contributed by atoms with Crippen molar-refractivity contribution in [1.29, 1.82) is 0 Å². The lowest BCUT2D eigenvalue weighted by atomic mass is 10.3. The summed E-state index contributed by atoms with van der Waals surface area (Å²) in [5.74, 6) is 1.10. The molecule has 1 aromatic heterocycles. The maximum absolute atomic E-state index is 9.29. The number of hydrogen-bond acceptors (Lipinski definition) is 6. The zero-order chi connectivity index (χ0) is 14.1.